The molecule has 0 atom stereocenters. The number of aromatic nitrogens is 1. The fraction of sp³-hybridized carbons (Fsp3) is 0.538. The van der Waals surface area contributed by atoms with Gasteiger partial charge in [0.15, 0.2) is 0 Å². The van der Waals surface area contributed by atoms with Crippen LogP contribution in [0.15, 0.2) is 12.3 Å². The van der Waals surface area contributed by atoms with E-state index in [1.54, 1.807) is 0 Å². The third-order valence-electron chi connectivity index (χ3n) is 2.53. The third-order valence-corrected chi connectivity index (χ3v) is 2.53. The Morgan fingerprint density at radius 1 is 1.39 bits per heavy atom. The predicted octanol–water partition coefficient (Wildman–Crippen LogP) is 3.27. The number of unbranched alkanes of at least 4 members (excludes halogenated alkanes) is 4. The van der Waals surface area contributed by atoms with E-state index in [2.05, 4.69) is 11.9 Å². The number of carbonyl (C=O) groups is 1. The van der Waals surface area contributed by atoms with E-state index in [1.165, 1.54) is 12.8 Å². The molecule has 0 spiro atoms. The summed E-state index contributed by atoms with van der Waals surface area (Å²) in [4.78, 5) is 14.5. The van der Waals surface area contributed by atoms with Crippen LogP contribution in [0.1, 0.15) is 49.4 Å². The highest BCUT2D eigenvalue weighted by Crippen LogP contribution is 2.16. The standard InChI is InChI=1S/C13H18FNO3/c1-2-3-4-5-6-7-18-12-11(13(16)17)8-10(14)9-15-12/h8-9H,2-7H2,1H3,(H,16,17). The van der Waals surface area contributed by atoms with E-state index in [0.717, 1.165) is 31.5 Å². The second kappa shape index (κ2) is 7.63. The third kappa shape index (κ3) is 4.69. The number of halogens is 1. The second-order valence-electron chi connectivity index (χ2n) is 4.07. The number of rotatable bonds is 8. The fourth-order valence-electron chi connectivity index (χ4n) is 1.57. The van der Waals surface area contributed by atoms with Crippen LogP contribution in [-0.2, 0) is 0 Å². The summed E-state index contributed by atoms with van der Waals surface area (Å²) >= 11 is 0. The van der Waals surface area contributed by atoms with E-state index in [0.29, 0.717) is 6.61 Å². The highest BCUT2D eigenvalue weighted by molar-refractivity contribution is 5.90. The zero-order valence-corrected chi connectivity index (χ0v) is 10.5. The molecule has 0 saturated heterocycles. The van der Waals surface area contributed by atoms with Gasteiger partial charge >= 0.3 is 5.97 Å². The second-order valence-corrected chi connectivity index (χ2v) is 4.07. The van der Waals surface area contributed by atoms with Crippen molar-refractivity contribution in [1.29, 1.82) is 0 Å². The van der Waals surface area contributed by atoms with Gasteiger partial charge in [-0.2, -0.15) is 0 Å². The molecule has 5 heteroatoms. The molecule has 1 heterocycles. The van der Waals surface area contributed by atoms with Crippen molar-refractivity contribution >= 4 is 5.97 Å². The quantitative estimate of drug-likeness (QED) is 0.724. The molecule has 0 fully saturated rings. The Hall–Kier alpha value is -1.65. The van der Waals surface area contributed by atoms with Gasteiger partial charge in [-0.05, 0) is 12.5 Å². The van der Waals surface area contributed by atoms with Gasteiger partial charge in [0.05, 0.1) is 12.8 Å². The van der Waals surface area contributed by atoms with Crippen molar-refractivity contribution in [3.63, 3.8) is 0 Å². The Kier molecular flexibility index (Phi) is 6.11. The Morgan fingerprint density at radius 2 is 2.11 bits per heavy atom. The Morgan fingerprint density at radius 3 is 2.78 bits per heavy atom. The van der Waals surface area contributed by atoms with E-state index < -0.39 is 11.8 Å². The maximum Gasteiger partial charge on any atom is 0.341 e. The highest BCUT2D eigenvalue weighted by atomic mass is 19.1. The van der Waals surface area contributed by atoms with Gasteiger partial charge in [0.2, 0.25) is 5.88 Å². The van der Waals surface area contributed by atoms with Crippen molar-refractivity contribution in [1.82, 2.24) is 4.98 Å². The molecule has 100 valence electrons. The summed E-state index contributed by atoms with van der Waals surface area (Å²) in [6, 6.07) is 0.918. The summed E-state index contributed by atoms with van der Waals surface area (Å²) in [5, 5.41) is 8.88. The molecule has 0 amide bonds. The molecule has 1 aromatic rings. The molecule has 0 aliphatic heterocycles. The molecule has 0 aliphatic carbocycles. The maximum atomic E-state index is 12.9. The smallest absolute Gasteiger partial charge is 0.341 e. The minimum Gasteiger partial charge on any atom is -0.477 e. The number of hydrogen-bond donors (Lipinski definition) is 1. The number of carboxylic acids is 1. The average Bonchev–Trinajstić information content (AvgIpc) is 2.35. The first-order chi connectivity index (χ1) is 8.65. The minimum absolute atomic E-state index is 0.0145. The number of carboxylic acid groups (broad SMARTS) is 1. The lowest BCUT2D eigenvalue weighted by atomic mass is 10.2. The predicted molar refractivity (Wildman–Crippen MR) is 65.4 cm³/mol. The molecule has 0 bridgehead atoms. The van der Waals surface area contributed by atoms with E-state index in [4.69, 9.17) is 9.84 Å². The first-order valence-electron chi connectivity index (χ1n) is 6.16. The monoisotopic (exact) mass is 255 g/mol. The topological polar surface area (TPSA) is 59.4 Å². The molecule has 1 aromatic heterocycles. The van der Waals surface area contributed by atoms with Crippen molar-refractivity contribution in [2.45, 2.75) is 39.0 Å². The first kappa shape index (κ1) is 14.4. The van der Waals surface area contributed by atoms with Crippen LogP contribution < -0.4 is 4.74 Å². The number of hydrogen-bond acceptors (Lipinski definition) is 3. The summed E-state index contributed by atoms with van der Waals surface area (Å²) in [5.74, 6) is -1.93. The van der Waals surface area contributed by atoms with Gasteiger partial charge in [-0.15, -0.1) is 0 Å². The Balaban J connectivity index is 2.44. The van der Waals surface area contributed by atoms with Crippen LogP contribution in [0.2, 0.25) is 0 Å². The van der Waals surface area contributed by atoms with Gasteiger partial charge < -0.3 is 9.84 Å². The van der Waals surface area contributed by atoms with E-state index in [-0.39, 0.29) is 11.4 Å². The summed E-state index contributed by atoms with van der Waals surface area (Å²) in [7, 11) is 0. The van der Waals surface area contributed by atoms with Crippen LogP contribution in [0.5, 0.6) is 5.88 Å². The fourth-order valence-corrected chi connectivity index (χ4v) is 1.57. The van der Waals surface area contributed by atoms with Gasteiger partial charge in [-0.3, -0.25) is 0 Å². The number of nitrogens with zero attached hydrogens (tertiary/aromatic N) is 1. The van der Waals surface area contributed by atoms with Crippen LogP contribution in [0.25, 0.3) is 0 Å². The normalized spacial score (nSPS) is 10.3. The molecule has 4 nitrogen and oxygen atoms in total. The average molecular weight is 255 g/mol. The van der Waals surface area contributed by atoms with E-state index >= 15 is 0 Å². The summed E-state index contributed by atoms with van der Waals surface area (Å²) in [6.45, 7) is 2.54. The highest BCUT2D eigenvalue weighted by Gasteiger charge is 2.13. The zero-order chi connectivity index (χ0) is 13.4. The zero-order valence-electron chi connectivity index (χ0n) is 10.5. The number of aromatic carboxylic acids is 1. The van der Waals surface area contributed by atoms with Gasteiger partial charge in [0, 0.05) is 0 Å². The largest absolute Gasteiger partial charge is 0.477 e. The molecular formula is C13H18FNO3. The van der Waals surface area contributed by atoms with Crippen LogP contribution in [0.3, 0.4) is 0 Å². The number of pyridine rings is 1. The molecule has 18 heavy (non-hydrogen) atoms. The molecule has 0 aliphatic rings. The van der Waals surface area contributed by atoms with Crippen LogP contribution in [0, 0.1) is 5.82 Å². The van der Waals surface area contributed by atoms with Crippen LogP contribution >= 0.6 is 0 Å². The molecule has 0 radical (unpaired) electrons. The first-order valence-corrected chi connectivity index (χ1v) is 6.16. The summed E-state index contributed by atoms with van der Waals surface area (Å²) in [5.41, 5.74) is -0.233. The van der Waals surface area contributed by atoms with Crippen molar-refractivity contribution in [2.24, 2.45) is 0 Å². The summed E-state index contributed by atoms with van der Waals surface area (Å²) < 4.78 is 18.1. The number of ether oxygens (including phenoxy) is 1. The molecular weight excluding hydrogens is 237 g/mol. The van der Waals surface area contributed by atoms with Crippen molar-refractivity contribution in [3.8, 4) is 5.88 Å². The molecule has 0 aromatic carbocycles. The van der Waals surface area contributed by atoms with Crippen molar-refractivity contribution in [2.75, 3.05) is 6.61 Å². The van der Waals surface area contributed by atoms with Crippen molar-refractivity contribution < 1.29 is 19.0 Å². The van der Waals surface area contributed by atoms with E-state index in [9.17, 15) is 9.18 Å². The van der Waals surface area contributed by atoms with E-state index in [1.807, 2.05) is 0 Å². The minimum atomic E-state index is -1.23. The molecule has 0 saturated carbocycles. The Bertz CT molecular complexity index is 396. The molecule has 0 unspecified atom stereocenters. The lowest BCUT2D eigenvalue weighted by molar-refractivity contribution is 0.0690. The van der Waals surface area contributed by atoms with Crippen LogP contribution in [-0.4, -0.2) is 22.7 Å². The molecule has 1 rings (SSSR count). The van der Waals surface area contributed by atoms with Gasteiger partial charge in [-0.1, -0.05) is 32.6 Å². The van der Waals surface area contributed by atoms with Gasteiger partial charge in [-0.25, -0.2) is 14.2 Å². The van der Waals surface area contributed by atoms with Gasteiger partial charge in [0.1, 0.15) is 11.4 Å². The van der Waals surface area contributed by atoms with Gasteiger partial charge in [0.25, 0.3) is 0 Å². The Labute approximate surface area is 106 Å². The van der Waals surface area contributed by atoms with Crippen molar-refractivity contribution in [3.05, 3.63) is 23.6 Å². The lowest BCUT2D eigenvalue weighted by Crippen LogP contribution is -2.07. The molecule has 1 N–H and O–H groups in total. The summed E-state index contributed by atoms with van der Waals surface area (Å²) in [6.07, 6.45) is 6.34. The SMILES string of the molecule is CCCCCCCOc1ncc(F)cc1C(=O)O. The van der Waals surface area contributed by atoms with Crippen LogP contribution in [0.4, 0.5) is 4.39 Å². The lowest BCUT2D eigenvalue weighted by Gasteiger charge is -2.07. The maximum absolute atomic E-state index is 12.9.